The van der Waals surface area contributed by atoms with Crippen molar-refractivity contribution in [2.75, 3.05) is 0 Å². The minimum atomic E-state index is 0.200. The van der Waals surface area contributed by atoms with E-state index in [2.05, 4.69) is 182 Å². The Hall–Kier alpha value is -6.62. The van der Waals surface area contributed by atoms with Gasteiger partial charge in [-0.05, 0) is 71.2 Å². The third kappa shape index (κ3) is 5.55. The van der Waals surface area contributed by atoms with E-state index in [4.69, 9.17) is 15.0 Å². The molecule has 290 valence electrons. The van der Waals surface area contributed by atoms with Crippen LogP contribution in [0.4, 0.5) is 0 Å². The van der Waals surface area contributed by atoms with Crippen molar-refractivity contribution >= 4 is 60.8 Å². The van der Waals surface area contributed by atoms with Crippen LogP contribution in [0.3, 0.4) is 0 Å². The van der Waals surface area contributed by atoms with Gasteiger partial charge < -0.3 is 0 Å². The van der Waals surface area contributed by atoms with E-state index in [1.165, 1.54) is 60.2 Å². The molecule has 13 rings (SSSR count). The summed E-state index contributed by atoms with van der Waals surface area (Å²) in [6.07, 6.45) is 24.5. The first kappa shape index (κ1) is 35.2. The van der Waals surface area contributed by atoms with Crippen LogP contribution in [0.15, 0.2) is 198 Å². The van der Waals surface area contributed by atoms with Crippen molar-refractivity contribution in [2.45, 2.75) is 47.2 Å². The van der Waals surface area contributed by atoms with Crippen molar-refractivity contribution in [2.24, 2.45) is 5.92 Å². The van der Waals surface area contributed by atoms with Gasteiger partial charge in [0.2, 0.25) is 0 Å². The molecule has 0 amide bonds. The number of aromatic nitrogens is 3. The lowest BCUT2D eigenvalue weighted by atomic mass is 9.64. The van der Waals surface area contributed by atoms with Crippen LogP contribution in [0.2, 0.25) is 0 Å². The zero-order valence-corrected chi connectivity index (χ0v) is 34.4. The Kier molecular flexibility index (Phi) is 8.06. The second kappa shape index (κ2) is 14.0. The highest BCUT2D eigenvalue weighted by Crippen LogP contribution is 2.55. The molecule has 4 heterocycles. The average molecular weight is 800 g/mol. The van der Waals surface area contributed by atoms with Crippen LogP contribution < -0.4 is 0 Å². The Morgan fingerprint density at radius 3 is 2.25 bits per heavy atom. The Labute approximate surface area is 359 Å². The van der Waals surface area contributed by atoms with E-state index >= 15 is 0 Å². The summed E-state index contributed by atoms with van der Waals surface area (Å²) in [6.45, 7) is 0. The number of rotatable bonds is 4. The SMILES string of the molecule is C1=CC2Sc3c(ccc4c(C5C=CC(C6c7ccccc7C(c7ccc8ccc9ccc(-c%10ccccc%10)nc9c8n7)=C7C=CCCC76)=CC5)nc5ccccc5c34)C2C=C1. The Morgan fingerprint density at radius 1 is 0.607 bits per heavy atom. The summed E-state index contributed by atoms with van der Waals surface area (Å²) in [6, 6.07) is 46.2. The van der Waals surface area contributed by atoms with Gasteiger partial charge in [0.15, 0.2) is 0 Å². The number of para-hydroxylation sites is 1. The smallest absolute Gasteiger partial charge is 0.0972 e. The van der Waals surface area contributed by atoms with Crippen LogP contribution in [-0.4, -0.2) is 20.2 Å². The molecule has 8 aromatic rings. The fourth-order valence-corrected chi connectivity index (χ4v) is 12.5. The normalized spacial score (nSPS) is 22.4. The van der Waals surface area contributed by atoms with Crippen LogP contribution in [-0.2, 0) is 0 Å². The number of allylic oxidation sites excluding steroid dienone is 10. The topological polar surface area (TPSA) is 38.7 Å². The van der Waals surface area contributed by atoms with Crippen molar-refractivity contribution < 1.29 is 0 Å². The minimum absolute atomic E-state index is 0.200. The summed E-state index contributed by atoms with van der Waals surface area (Å²) < 4.78 is 0. The van der Waals surface area contributed by atoms with E-state index in [1.54, 1.807) is 0 Å². The zero-order valence-electron chi connectivity index (χ0n) is 33.6. The van der Waals surface area contributed by atoms with Gasteiger partial charge in [0.25, 0.3) is 0 Å². The lowest BCUT2D eigenvalue weighted by molar-refractivity contribution is 0.492. The third-order valence-electron chi connectivity index (χ3n) is 13.9. The first-order chi connectivity index (χ1) is 30.2. The van der Waals surface area contributed by atoms with E-state index in [0.717, 1.165) is 63.5 Å². The molecule has 4 heteroatoms. The zero-order chi connectivity index (χ0) is 40.0. The maximum atomic E-state index is 5.52. The molecule has 3 aromatic heterocycles. The molecule has 5 unspecified atom stereocenters. The lowest BCUT2D eigenvalue weighted by Gasteiger charge is -2.39. The second-order valence-electron chi connectivity index (χ2n) is 17.2. The van der Waals surface area contributed by atoms with E-state index in [9.17, 15) is 0 Å². The highest BCUT2D eigenvalue weighted by atomic mass is 32.2. The fourth-order valence-electron chi connectivity index (χ4n) is 11.0. The third-order valence-corrected chi connectivity index (χ3v) is 15.3. The number of fused-ring (bicyclic) bond motifs is 12. The number of nitrogens with zero attached hydrogens (tertiary/aromatic N) is 3. The molecule has 0 saturated heterocycles. The lowest BCUT2D eigenvalue weighted by Crippen LogP contribution is -2.25. The first-order valence-electron chi connectivity index (χ1n) is 21.8. The summed E-state index contributed by atoms with van der Waals surface area (Å²) in [4.78, 5) is 17.6. The van der Waals surface area contributed by atoms with Crippen LogP contribution in [0.25, 0.3) is 60.3 Å². The van der Waals surface area contributed by atoms with Gasteiger partial charge in [-0.3, -0.25) is 4.98 Å². The molecule has 0 spiro atoms. The Balaban J connectivity index is 0.896. The minimum Gasteiger partial charge on any atom is -0.252 e. The number of hydrogen-bond acceptors (Lipinski definition) is 4. The van der Waals surface area contributed by atoms with Crippen molar-refractivity contribution in [1.29, 1.82) is 0 Å². The molecule has 5 atom stereocenters. The number of hydrogen-bond donors (Lipinski definition) is 0. The quantitative estimate of drug-likeness (QED) is 0.166. The van der Waals surface area contributed by atoms with Gasteiger partial charge in [0, 0.05) is 66.0 Å². The van der Waals surface area contributed by atoms with E-state index in [1.807, 2.05) is 11.8 Å². The van der Waals surface area contributed by atoms with Crippen LogP contribution in [0.5, 0.6) is 0 Å². The molecule has 0 radical (unpaired) electrons. The van der Waals surface area contributed by atoms with Gasteiger partial charge >= 0.3 is 0 Å². The predicted molar refractivity (Wildman–Crippen MR) is 254 cm³/mol. The van der Waals surface area contributed by atoms with Gasteiger partial charge in [0.1, 0.15) is 0 Å². The molecule has 0 bridgehead atoms. The Bertz CT molecular complexity index is 3350. The molecule has 0 fully saturated rings. The molecule has 3 nitrogen and oxygen atoms in total. The molecule has 5 aliphatic rings. The summed E-state index contributed by atoms with van der Waals surface area (Å²) in [5.74, 6) is 1.24. The molecule has 0 saturated carbocycles. The van der Waals surface area contributed by atoms with Gasteiger partial charge in [-0.1, -0.05) is 164 Å². The molecular weight excluding hydrogens is 759 g/mol. The molecule has 0 N–H and O–H groups in total. The van der Waals surface area contributed by atoms with Crippen molar-refractivity contribution in [1.82, 2.24) is 15.0 Å². The van der Waals surface area contributed by atoms with E-state index in [0.29, 0.717) is 17.1 Å². The highest BCUT2D eigenvalue weighted by Gasteiger charge is 2.39. The molecule has 4 aliphatic carbocycles. The second-order valence-corrected chi connectivity index (χ2v) is 18.3. The van der Waals surface area contributed by atoms with Crippen LogP contribution in [0, 0.1) is 5.92 Å². The highest BCUT2D eigenvalue weighted by molar-refractivity contribution is 8.00. The standard InChI is InChI=1S/C57H41N3S/c1-2-12-34(13-3-1)47-32-28-37-26-27-38-29-33-49(60-56(38)55(37)58-47)52-42-17-6-4-15-40(42)51(41-16-5-7-18-43(41)52)35-22-24-36(25-23-35)54-46-31-30-44-39-14-9-11-21-50(39)61-57(44)53(46)45-19-8-10-20-48(45)59-54/h1-4,6-15,17-24,26-33,36,39,41,50-51H,5,16,25H2. The maximum Gasteiger partial charge on any atom is 0.0972 e. The summed E-state index contributed by atoms with van der Waals surface area (Å²) >= 11 is 2.03. The number of benzene rings is 5. The summed E-state index contributed by atoms with van der Waals surface area (Å²) in [5, 5.41) is 6.59. The van der Waals surface area contributed by atoms with E-state index < -0.39 is 0 Å². The van der Waals surface area contributed by atoms with Crippen molar-refractivity contribution in [3.63, 3.8) is 0 Å². The average Bonchev–Trinajstić information content (AvgIpc) is 3.72. The predicted octanol–water partition coefficient (Wildman–Crippen LogP) is 14.4. The monoisotopic (exact) mass is 799 g/mol. The van der Waals surface area contributed by atoms with Gasteiger partial charge in [-0.25, -0.2) is 9.97 Å². The molecule has 1 aliphatic heterocycles. The Morgan fingerprint density at radius 2 is 1.38 bits per heavy atom. The van der Waals surface area contributed by atoms with Crippen molar-refractivity contribution in [3.05, 3.63) is 221 Å². The molecule has 61 heavy (non-hydrogen) atoms. The van der Waals surface area contributed by atoms with Gasteiger partial charge in [0.05, 0.1) is 33.6 Å². The molecule has 5 aromatic carbocycles. The van der Waals surface area contributed by atoms with Crippen LogP contribution >= 0.6 is 11.8 Å². The van der Waals surface area contributed by atoms with Crippen LogP contribution in [0.1, 0.15) is 65.1 Å². The summed E-state index contributed by atoms with van der Waals surface area (Å²) in [7, 11) is 0. The summed E-state index contributed by atoms with van der Waals surface area (Å²) in [5.41, 5.74) is 15.5. The largest absolute Gasteiger partial charge is 0.252 e. The van der Waals surface area contributed by atoms with E-state index in [-0.39, 0.29) is 11.8 Å². The first-order valence-corrected chi connectivity index (χ1v) is 22.6. The van der Waals surface area contributed by atoms with Gasteiger partial charge in [-0.15, -0.1) is 11.8 Å². The number of thioether (sulfide) groups is 1. The maximum absolute atomic E-state index is 5.52. The van der Waals surface area contributed by atoms with Crippen molar-refractivity contribution in [3.8, 4) is 11.3 Å². The number of pyridine rings is 3. The van der Waals surface area contributed by atoms with Gasteiger partial charge in [-0.2, -0.15) is 0 Å². The fraction of sp³-hybridized carbons (Fsp3) is 0.140. The molecular formula is C57H41N3S.